The summed E-state index contributed by atoms with van der Waals surface area (Å²) in [6.07, 6.45) is 1.84. The largest absolute Gasteiger partial charge is 0.396 e. The number of hydrogen-bond donors (Lipinski definition) is 2. The third-order valence-electron chi connectivity index (χ3n) is 3.56. The molecule has 0 aromatic heterocycles. The van der Waals surface area contributed by atoms with Gasteiger partial charge in [-0.15, -0.1) is 0 Å². The van der Waals surface area contributed by atoms with Crippen molar-refractivity contribution < 1.29 is 13.5 Å². The summed E-state index contributed by atoms with van der Waals surface area (Å²) < 4.78 is 28.2. The molecule has 102 valence electrons. The minimum atomic E-state index is -3.39. The number of aliphatic hydroxyl groups excluding tert-OH is 1. The fraction of sp³-hybridized carbons (Fsp3) is 1.00. The van der Waals surface area contributed by atoms with Crippen LogP contribution in [0.4, 0.5) is 0 Å². The number of piperidine rings is 1. The van der Waals surface area contributed by atoms with Crippen molar-refractivity contribution in [3.8, 4) is 0 Å². The topological polar surface area (TPSA) is 69.6 Å². The Morgan fingerprint density at radius 3 is 2.35 bits per heavy atom. The molecule has 1 rings (SSSR count). The molecule has 2 atom stereocenters. The summed E-state index contributed by atoms with van der Waals surface area (Å²) >= 11 is 0. The smallest absolute Gasteiger partial charge is 0.279 e. The molecule has 0 spiro atoms. The molecule has 5 nitrogen and oxygen atoms in total. The lowest BCUT2D eigenvalue weighted by atomic mass is 10.0. The van der Waals surface area contributed by atoms with Crippen molar-refractivity contribution in [2.24, 2.45) is 11.8 Å². The molecule has 17 heavy (non-hydrogen) atoms. The molecular formula is C11H24N2O3S. The molecule has 2 N–H and O–H groups in total. The van der Waals surface area contributed by atoms with Gasteiger partial charge in [-0.25, -0.2) is 0 Å². The molecule has 0 aromatic rings. The average molecular weight is 264 g/mol. The van der Waals surface area contributed by atoms with Gasteiger partial charge in [-0.1, -0.05) is 13.8 Å². The van der Waals surface area contributed by atoms with Crippen LogP contribution < -0.4 is 4.72 Å². The predicted molar refractivity (Wildman–Crippen MR) is 67.7 cm³/mol. The second-order valence-electron chi connectivity index (χ2n) is 5.15. The van der Waals surface area contributed by atoms with Crippen LogP contribution in [0.5, 0.6) is 0 Å². The van der Waals surface area contributed by atoms with Gasteiger partial charge >= 0.3 is 0 Å². The van der Waals surface area contributed by atoms with E-state index in [2.05, 4.69) is 11.6 Å². The van der Waals surface area contributed by atoms with Gasteiger partial charge in [-0.3, -0.25) is 0 Å². The average Bonchev–Trinajstić information content (AvgIpc) is 2.27. The fourth-order valence-electron chi connectivity index (χ4n) is 1.81. The summed E-state index contributed by atoms with van der Waals surface area (Å²) in [6.45, 7) is 6.93. The van der Waals surface area contributed by atoms with E-state index in [0.29, 0.717) is 19.0 Å². The zero-order valence-electron chi connectivity index (χ0n) is 10.9. The lowest BCUT2D eigenvalue weighted by molar-refractivity contribution is 0.213. The SMILES string of the molecule is CC1CCN(S(=O)(=O)NC(C)C(C)CO)CC1. The Balaban J connectivity index is 2.56. The van der Waals surface area contributed by atoms with E-state index in [1.165, 1.54) is 4.31 Å². The van der Waals surface area contributed by atoms with Crippen molar-refractivity contribution in [1.29, 1.82) is 0 Å². The summed E-state index contributed by atoms with van der Waals surface area (Å²) in [5.41, 5.74) is 0. The van der Waals surface area contributed by atoms with Crippen LogP contribution in [-0.4, -0.2) is 43.6 Å². The molecule has 0 radical (unpaired) electrons. The minimum Gasteiger partial charge on any atom is -0.396 e. The first-order valence-corrected chi connectivity index (χ1v) is 7.69. The Morgan fingerprint density at radius 1 is 1.35 bits per heavy atom. The van der Waals surface area contributed by atoms with Gasteiger partial charge in [0, 0.05) is 25.7 Å². The number of hydrogen-bond acceptors (Lipinski definition) is 3. The van der Waals surface area contributed by atoms with Crippen LogP contribution in [0.1, 0.15) is 33.6 Å². The predicted octanol–water partition coefficient (Wildman–Crippen LogP) is 0.570. The lowest BCUT2D eigenvalue weighted by Crippen LogP contribution is -2.49. The van der Waals surface area contributed by atoms with Gasteiger partial charge in [0.15, 0.2) is 0 Å². The molecule has 1 aliphatic heterocycles. The fourth-order valence-corrected chi connectivity index (χ4v) is 3.35. The number of nitrogens with zero attached hydrogens (tertiary/aromatic N) is 1. The highest BCUT2D eigenvalue weighted by Gasteiger charge is 2.28. The first-order valence-electron chi connectivity index (χ1n) is 6.25. The molecule has 0 aromatic carbocycles. The second kappa shape index (κ2) is 6.13. The maximum absolute atomic E-state index is 12.1. The minimum absolute atomic E-state index is 0.0132. The molecule has 0 amide bonds. The number of aliphatic hydroxyl groups is 1. The van der Waals surface area contributed by atoms with Crippen molar-refractivity contribution in [3.63, 3.8) is 0 Å². The summed E-state index contributed by atoms with van der Waals surface area (Å²) in [5, 5.41) is 9.00. The quantitative estimate of drug-likeness (QED) is 0.763. The van der Waals surface area contributed by atoms with Gasteiger partial charge in [0.25, 0.3) is 10.2 Å². The van der Waals surface area contributed by atoms with E-state index < -0.39 is 10.2 Å². The van der Waals surface area contributed by atoms with Crippen LogP contribution in [0.25, 0.3) is 0 Å². The van der Waals surface area contributed by atoms with Crippen molar-refractivity contribution in [2.75, 3.05) is 19.7 Å². The number of rotatable bonds is 5. The van der Waals surface area contributed by atoms with Crippen LogP contribution in [-0.2, 0) is 10.2 Å². The Hall–Kier alpha value is -0.170. The van der Waals surface area contributed by atoms with Crippen LogP contribution in [0.3, 0.4) is 0 Å². The standard InChI is InChI=1S/C11H24N2O3S/c1-9-4-6-13(7-5-9)17(15,16)12-11(3)10(2)8-14/h9-12,14H,4-8H2,1-3H3. The normalized spacial score (nSPS) is 23.5. The summed E-state index contributed by atoms with van der Waals surface area (Å²) in [6, 6.07) is -0.246. The van der Waals surface area contributed by atoms with Gasteiger partial charge in [0.05, 0.1) is 0 Å². The van der Waals surface area contributed by atoms with Crippen molar-refractivity contribution >= 4 is 10.2 Å². The zero-order chi connectivity index (χ0) is 13.1. The Morgan fingerprint density at radius 2 is 1.88 bits per heavy atom. The van der Waals surface area contributed by atoms with Gasteiger partial charge in [0.1, 0.15) is 0 Å². The van der Waals surface area contributed by atoms with E-state index in [4.69, 9.17) is 5.11 Å². The molecular weight excluding hydrogens is 240 g/mol. The summed E-state index contributed by atoms with van der Waals surface area (Å²) in [5.74, 6) is 0.531. The molecule has 1 saturated heterocycles. The van der Waals surface area contributed by atoms with E-state index in [-0.39, 0.29) is 18.6 Å². The highest BCUT2D eigenvalue weighted by atomic mass is 32.2. The van der Waals surface area contributed by atoms with Crippen LogP contribution in [0, 0.1) is 11.8 Å². The molecule has 1 fully saturated rings. The zero-order valence-corrected chi connectivity index (χ0v) is 11.7. The monoisotopic (exact) mass is 264 g/mol. The van der Waals surface area contributed by atoms with Crippen molar-refractivity contribution in [3.05, 3.63) is 0 Å². The molecule has 2 unspecified atom stereocenters. The first kappa shape index (κ1) is 14.9. The van der Waals surface area contributed by atoms with Gasteiger partial charge in [-0.2, -0.15) is 17.4 Å². The third kappa shape index (κ3) is 4.21. The van der Waals surface area contributed by atoms with Gasteiger partial charge < -0.3 is 5.11 Å². The summed E-state index contributed by atoms with van der Waals surface area (Å²) in [4.78, 5) is 0. The van der Waals surface area contributed by atoms with E-state index >= 15 is 0 Å². The summed E-state index contributed by atoms with van der Waals surface area (Å²) in [7, 11) is -3.39. The van der Waals surface area contributed by atoms with Gasteiger partial charge in [-0.05, 0) is 31.6 Å². The molecule has 6 heteroatoms. The Kier molecular flexibility index (Phi) is 5.37. The maximum Gasteiger partial charge on any atom is 0.279 e. The van der Waals surface area contributed by atoms with E-state index in [1.54, 1.807) is 6.92 Å². The lowest BCUT2D eigenvalue weighted by Gasteiger charge is -2.31. The van der Waals surface area contributed by atoms with Crippen molar-refractivity contribution in [1.82, 2.24) is 9.03 Å². The highest BCUT2D eigenvalue weighted by molar-refractivity contribution is 7.87. The molecule has 1 heterocycles. The third-order valence-corrected chi connectivity index (χ3v) is 5.27. The van der Waals surface area contributed by atoms with E-state index in [1.807, 2.05) is 6.92 Å². The molecule has 1 aliphatic rings. The number of nitrogens with one attached hydrogen (secondary N) is 1. The van der Waals surface area contributed by atoms with E-state index in [0.717, 1.165) is 12.8 Å². The van der Waals surface area contributed by atoms with Gasteiger partial charge in [0.2, 0.25) is 0 Å². The first-order chi connectivity index (χ1) is 7.86. The highest BCUT2D eigenvalue weighted by Crippen LogP contribution is 2.18. The Bertz CT molecular complexity index is 324. The molecule has 0 saturated carbocycles. The van der Waals surface area contributed by atoms with Crippen LogP contribution in [0.2, 0.25) is 0 Å². The second-order valence-corrected chi connectivity index (χ2v) is 6.86. The van der Waals surface area contributed by atoms with Crippen LogP contribution >= 0.6 is 0 Å². The Labute approximate surface area is 104 Å². The molecule has 0 bridgehead atoms. The maximum atomic E-state index is 12.1. The molecule has 0 aliphatic carbocycles. The van der Waals surface area contributed by atoms with Crippen LogP contribution in [0.15, 0.2) is 0 Å². The van der Waals surface area contributed by atoms with E-state index in [9.17, 15) is 8.42 Å². The van der Waals surface area contributed by atoms with Crippen molar-refractivity contribution in [2.45, 2.75) is 39.7 Å².